The zero-order chi connectivity index (χ0) is 11.5. The normalized spacial score (nSPS) is 22.9. The van der Waals surface area contributed by atoms with Gasteiger partial charge in [0.15, 0.2) is 0 Å². The molecule has 0 bridgehead atoms. The Morgan fingerprint density at radius 2 is 1.80 bits per heavy atom. The highest BCUT2D eigenvalue weighted by Gasteiger charge is 2.27. The van der Waals surface area contributed by atoms with E-state index < -0.39 is 16.0 Å². The smallest absolute Gasteiger partial charge is 0.243 e. The second kappa shape index (κ2) is 5.23. The zero-order valence-electron chi connectivity index (χ0n) is 9.32. The molecule has 0 aromatic carbocycles. The van der Waals surface area contributed by atoms with Crippen molar-refractivity contribution in [3.8, 4) is 0 Å². The van der Waals surface area contributed by atoms with Crippen molar-refractivity contribution in [3.63, 3.8) is 0 Å². The third-order valence-electron chi connectivity index (χ3n) is 3.02. The Labute approximate surface area is 91.1 Å². The highest BCUT2D eigenvalue weighted by molar-refractivity contribution is 7.88. The third-order valence-corrected chi connectivity index (χ3v) is 4.45. The van der Waals surface area contributed by atoms with Gasteiger partial charge in [-0.25, -0.2) is 12.8 Å². The maximum atomic E-state index is 12.2. The molecule has 6 heteroatoms. The van der Waals surface area contributed by atoms with Crippen LogP contribution in [0.3, 0.4) is 0 Å². The molecule has 1 aliphatic rings. The first-order valence-corrected chi connectivity index (χ1v) is 6.90. The second-order valence-electron chi connectivity index (χ2n) is 3.91. The molecule has 0 amide bonds. The van der Waals surface area contributed by atoms with Gasteiger partial charge in [-0.3, -0.25) is 4.90 Å². The number of nitrogens with zero attached hydrogens (tertiary/aromatic N) is 2. The molecule has 0 saturated carbocycles. The summed E-state index contributed by atoms with van der Waals surface area (Å²) in [7, 11) is -3.64. The summed E-state index contributed by atoms with van der Waals surface area (Å²) in [4.78, 5) is 2.24. The van der Waals surface area contributed by atoms with Gasteiger partial charge in [-0.1, -0.05) is 6.92 Å². The van der Waals surface area contributed by atoms with E-state index in [1.165, 1.54) is 4.31 Å². The van der Waals surface area contributed by atoms with Crippen molar-refractivity contribution in [2.24, 2.45) is 0 Å². The van der Waals surface area contributed by atoms with Crippen LogP contribution >= 0.6 is 0 Å². The molecule has 0 aromatic rings. The van der Waals surface area contributed by atoms with Crippen molar-refractivity contribution in [2.75, 3.05) is 32.2 Å². The molecule has 90 valence electrons. The molecule has 1 aliphatic heterocycles. The summed E-state index contributed by atoms with van der Waals surface area (Å²) < 4.78 is 35.9. The van der Waals surface area contributed by atoms with Gasteiger partial charge in [0.05, 0.1) is 0 Å². The van der Waals surface area contributed by atoms with Gasteiger partial charge >= 0.3 is 0 Å². The summed E-state index contributed by atoms with van der Waals surface area (Å²) in [6.07, 6.45) is 1.05. The summed E-state index contributed by atoms with van der Waals surface area (Å²) in [5, 5.41) is 0. The zero-order valence-corrected chi connectivity index (χ0v) is 10.1. The maximum absolute atomic E-state index is 12.2. The molecular weight excluding hydrogens is 219 g/mol. The van der Waals surface area contributed by atoms with Gasteiger partial charge in [-0.05, 0) is 13.3 Å². The molecule has 15 heavy (non-hydrogen) atoms. The van der Waals surface area contributed by atoms with Crippen LogP contribution in [0, 0.1) is 0 Å². The standard InChI is InChI=1S/C9H19FN2O2S/c1-3-9(2)11-4-6-12(7-5-11)15(13,14)8-10/h9H,3-8H2,1-2H3. The highest BCUT2D eigenvalue weighted by Crippen LogP contribution is 2.12. The van der Waals surface area contributed by atoms with Crippen molar-refractivity contribution in [1.82, 2.24) is 9.21 Å². The molecule has 0 spiro atoms. The van der Waals surface area contributed by atoms with Crippen molar-refractivity contribution in [2.45, 2.75) is 26.3 Å². The van der Waals surface area contributed by atoms with Crippen LogP contribution in [0.5, 0.6) is 0 Å². The van der Waals surface area contributed by atoms with E-state index in [9.17, 15) is 12.8 Å². The number of hydrogen-bond donors (Lipinski definition) is 0. The molecule has 4 nitrogen and oxygen atoms in total. The first-order chi connectivity index (χ1) is 7.01. The monoisotopic (exact) mass is 238 g/mol. The third kappa shape index (κ3) is 3.12. The van der Waals surface area contributed by atoms with Gasteiger partial charge in [0.1, 0.15) is 0 Å². The molecule has 1 heterocycles. The van der Waals surface area contributed by atoms with Gasteiger partial charge in [0.25, 0.3) is 0 Å². The van der Waals surface area contributed by atoms with Crippen LogP contribution in [0.1, 0.15) is 20.3 Å². The minimum absolute atomic E-state index is 0.413. The van der Waals surface area contributed by atoms with Crippen molar-refractivity contribution in [3.05, 3.63) is 0 Å². The molecule has 0 aliphatic carbocycles. The second-order valence-corrected chi connectivity index (χ2v) is 5.81. The van der Waals surface area contributed by atoms with Crippen LogP contribution in [0.15, 0.2) is 0 Å². The molecule has 0 radical (unpaired) electrons. The fourth-order valence-electron chi connectivity index (χ4n) is 1.75. The Morgan fingerprint density at radius 1 is 1.27 bits per heavy atom. The lowest BCUT2D eigenvalue weighted by molar-refractivity contribution is 0.142. The van der Waals surface area contributed by atoms with Crippen molar-refractivity contribution >= 4 is 10.0 Å². The maximum Gasteiger partial charge on any atom is 0.243 e. The van der Waals surface area contributed by atoms with Crippen LogP contribution in [0.4, 0.5) is 4.39 Å². The van der Waals surface area contributed by atoms with E-state index in [1.54, 1.807) is 0 Å². The van der Waals surface area contributed by atoms with Gasteiger partial charge in [-0.15, -0.1) is 0 Å². The molecular formula is C9H19FN2O2S. The van der Waals surface area contributed by atoms with Gasteiger partial charge < -0.3 is 0 Å². The molecule has 0 N–H and O–H groups in total. The fourth-order valence-corrected chi connectivity index (χ4v) is 2.61. The molecule has 1 rings (SSSR count). The number of rotatable bonds is 4. The van der Waals surface area contributed by atoms with Crippen molar-refractivity contribution in [1.29, 1.82) is 0 Å². The Kier molecular flexibility index (Phi) is 4.48. The van der Waals surface area contributed by atoms with Crippen LogP contribution in [0.25, 0.3) is 0 Å². The Hall–Kier alpha value is -0.200. The minimum atomic E-state index is -3.64. The van der Waals surface area contributed by atoms with Gasteiger partial charge in [0.2, 0.25) is 16.0 Å². The van der Waals surface area contributed by atoms with Crippen molar-refractivity contribution < 1.29 is 12.8 Å². The average Bonchev–Trinajstić information content (AvgIpc) is 2.28. The lowest BCUT2D eigenvalue weighted by Gasteiger charge is -2.36. The largest absolute Gasteiger partial charge is 0.298 e. The van der Waals surface area contributed by atoms with E-state index in [0.717, 1.165) is 6.42 Å². The number of piperazine rings is 1. The topological polar surface area (TPSA) is 40.6 Å². The lowest BCUT2D eigenvalue weighted by atomic mass is 10.2. The quantitative estimate of drug-likeness (QED) is 0.722. The number of hydrogen-bond acceptors (Lipinski definition) is 3. The number of halogens is 1. The summed E-state index contributed by atoms with van der Waals surface area (Å²) >= 11 is 0. The molecule has 0 aromatic heterocycles. The van der Waals surface area contributed by atoms with E-state index in [-0.39, 0.29) is 0 Å². The lowest BCUT2D eigenvalue weighted by Crippen LogP contribution is -2.51. The van der Waals surface area contributed by atoms with Crippen LogP contribution < -0.4 is 0 Å². The summed E-state index contributed by atoms with van der Waals surface area (Å²) in [5.74, 6) is 0. The summed E-state index contributed by atoms with van der Waals surface area (Å²) in [6.45, 7) is 6.46. The van der Waals surface area contributed by atoms with Gasteiger partial charge in [0, 0.05) is 32.2 Å². The van der Waals surface area contributed by atoms with Crippen LogP contribution in [-0.2, 0) is 10.0 Å². The first-order valence-electron chi connectivity index (χ1n) is 5.29. The molecule has 1 atom stereocenters. The number of sulfonamides is 1. The van der Waals surface area contributed by atoms with Crippen LogP contribution in [0.2, 0.25) is 0 Å². The van der Waals surface area contributed by atoms with E-state index in [1.807, 2.05) is 0 Å². The van der Waals surface area contributed by atoms with Gasteiger partial charge in [-0.2, -0.15) is 4.31 Å². The van der Waals surface area contributed by atoms with E-state index in [4.69, 9.17) is 0 Å². The molecule has 1 unspecified atom stereocenters. The predicted octanol–water partition coefficient (Wildman–Crippen LogP) is 0.659. The molecule has 1 fully saturated rings. The Morgan fingerprint density at radius 3 is 2.20 bits per heavy atom. The fraction of sp³-hybridized carbons (Fsp3) is 1.00. The highest BCUT2D eigenvalue weighted by atomic mass is 32.2. The summed E-state index contributed by atoms with van der Waals surface area (Å²) in [6, 6.07) is -0.809. The summed E-state index contributed by atoms with van der Waals surface area (Å²) in [5.41, 5.74) is 0. The Balaban J connectivity index is 2.49. The van der Waals surface area contributed by atoms with E-state index >= 15 is 0 Å². The number of alkyl halides is 1. The SMILES string of the molecule is CCC(C)N1CCN(S(=O)(=O)CF)CC1. The van der Waals surface area contributed by atoms with Crippen LogP contribution in [-0.4, -0.2) is 55.9 Å². The first kappa shape index (κ1) is 12.9. The van der Waals surface area contributed by atoms with E-state index in [0.29, 0.717) is 32.2 Å². The predicted molar refractivity (Wildman–Crippen MR) is 57.8 cm³/mol. The molecule has 1 saturated heterocycles. The van der Waals surface area contributed by atoms with E-state index in [2.05, 4.69) is 18.7 Å². The minimum Gasteiger partial charge on any atom is -0.298 e. The average molecular weight is 238 g/mol. The Bertz CT molecular complexity index is 286.